The van der Waals surface area contributed by atoms with Crippen LogP contribution in [0.25, 0.3) is 0 Å². The molecule has 158 valence electrons. The monoisotopic (exact) mass is 394 g/mol. The summed E-state index contributed by atoms with van der Waals surface area (Å²) in [5, 5.41) is 12.8. The van der Waals surface area contributed by atoms with Crippen LogP contribution >= 0.6 is 0 Å². The molecule has 1 fully saturated rings. The first-order valence-corrected chi connectivity index (χ1v) is 10.5. The molecule has 2 amide bonds. The minimum absolute atomic E-state index is 0.151. The molecule has 0 radical (unpaired) electrons. The van der Waals surface area contributed by atoms with Gasteiger partial charge in [0.05, 0.1) is 31.1 Å². The first-order chi connectivity index (χ1) is 13.4. The average Bonchev–Trinajstić information content (AvgIpc) is 2.96. The summed E-state index contributed by atoms with van der Waals surface area (Å²) in [4.78, 5) is 40.6. The first kappa shape index (κ1) is 22.4. The van der Waals surface area contributed by atoms with Gasteiger partial charge in [-0.2, -0.15) is 0 Å². The Kier molecular flexibility index (Phi) is 8.04. The highest BCUT2D eigenvalue weighted by Gasteiger charge is 2.58. The maximum Gasteiger partial charge on any atom is 0.310 e. The van der Waals surface area contributed by atoms with Crippen molar-refractivity contribution in [1.82, 2.24) is 10.2 Å². The largest absolute Gasteiger partial charge is 0.466 e. The second kappa shape index (κ2) is 10.0. The van der Waals surface area contributed by atoms with E-state index in [1.165, 1.54) is 4.90 Å². The molecule has 6 atom stereocenters. The number of likely N-dealkylation sites (tertiary alicyclic amines) is 1. The summed E-state index contributed by atoms with van der Waals surface area (Å²) in [7, 11) is 0. The van der Waals surface area contributed by atoms with Crippen molar-refractivity contribution >= 4 is 17.8 Å². The summed E-state index contributed by atoms with van der Waals surface area (Å²) in [6.45, 7) is 8.13. The van der Waals surface area contributed by atoms with Gasteiger partial charge in [0.25, 0.3) is 0 Å². The number of allylic oxidation sites excluding steroid dienone is 1. The number of carbonyl (C=O) groups excluding carboxylic acids is 3. The van der Waals surface area contributed by atoms with Crippen LogP contribution in [0.1, 0.15) is 47.0 Å². The Bertz CT molecular complexity index is 602. The first-order valence-electron chi connectivity index (χ1n) is 10.5. The van der Waals surface area contributed by atoms with Crippen LogP contribution in [-0.4, -0.2) is 59.6 Å². The number of nitrogens with zero attached hydrogens (tertiary/aromatic N) is 1. The SMILES string of the molecule is CCCCNC(=O)[C@@H]1[C@H]2C=C[C@@H](C)[C@@H](C(=O)OCC)[C@@H]2C(=O)N1[C@@H](CC)CO. The van der Waals surface area contributed by atoms with Gasteiger partial charge in [-0.05, 0) is 25.7 Å². The average molecular weight is 395 g/mol. The minimum atomic E-state index is -0.716. The van der Waals surface area contributed by atoms with E-state index in [-0.39, 0.29) is 30.9 Å². The van der Waals surface area contributed by atoms with E-state index in [9.17, 15) is 19.5 Å². The van der Waals surface area contributed by atoms with Gasteiger partial charge in [-0.25, -0.2) is 0 Å². The van der Waals surface area contributed by atoms with Crippen molar-refractivity contribution in [1.29, 1.82) is 0 Å². The number of hydrogen-bond acceptors (Lipinski definition) is 5. The number of carbonyl (C=O) groups is 3. The number of aliphatic hydroxyl groups excluding tert-OH is 1. The number of fused-ring (bicyclic) bond motifs is 1. The zero-order valence-corrected chi connectivity index (χ0v) is 17.4. The molecule has 1 aliphatic carbocycles. The summed E-state index contributed by atoms with van der Waals surface area (Å²) in [5.74, 6) is -2.66. The zero-order valence-electron chi connectivity index (χ0n) is 17.4. The summed E-state index contributed by atoms with van der Waals surface area (Å²) in [6, 6.07) is -1.17. The number of rotatable bonds is 9. The maximum absolute atomic E-state index is 13.4. The Morgan fingerprint density at radius 1 is 1.29 bits per heavy atom. The van der Waals surface area contributed by atoms with Crippen molar-refractivity contribution in [3.63, 3.8) is 0 Å². The molecule has 1 aliphatic heterocycles. The van der Waals surface area contributed by atoms with Crippen LogP contribution in [0.3, 0.4) is 0 Å². The highest BCUT2D eigenvalue weighted by atomic mass is 16.5. The molecule has 28 heavy (non-hydrogen) atoms. The molecule has 0 aromatic rings. The normalized spacial score (nSPS) is 30.1. The molecule has 0 unspecified atom stereocenters. The molecular formula is C21H34N2O5. The highest BCUT2D eigenvalue weighted by molar-refractivity contribution is 5.96. The summed E-state index contributed by atoms with van der Waals surface area (Å²) in [6.07, 6.45) is 6.15. The predicted octanol–water partition coefficient (Wildman–Crippen LogP) is 1.50. The molecule has 2 rings (SSSR count). The molecule has 0 bridgehead atoms. The van der Waals surface area contributed by atoms with Crippen molar-refractivity contribution in [2.24, 2.45) is 23.7 Å². The maximum atomic E-state index is 13.4. The third-order valence-corrected chi connectivity index (χ3v) is 5.94. The van der Waals surface area contributed by atoms with Gasteiger partial charge in [0.1, 0.15) is 6.04 Å². The van der Waals surface area contributed by atoms with Crippen LogP contribution in [0.4, 0.5) is 0 Å². The smallest absolute Gasteiger partial charge is 0.310 e. The third kappa shape index (κ3) is 4.24. The van der Waals surface area contributed by atoms with Crippen molar-refractivity contribution in [2.75, 3.05) is 19.8 Å². The van der Waals surface area contributed by atoms with Crippen LogP contribution in [0.15, 0.2) is 12.2 Å². The van der Waals surface area contributed by atoms with Crippen molar-refractivity contribution in [3.8, 4) is 0 Å². The summed E-state index contributed by atoms with van der Waals surface area (Å²) in [5.41, 5.74) is 0. The quantitative estimate of drug-likeness (QED) is 0.351. The molecule has 2 aliphatic rings. The number of amides is 2. The van der Waals surface area contributed by atoms with E-state index >= 15 is 0 Å². The standard InChI is InChI=1S/C21H34N2O5/c1-5-8-11-22-19(25)18-15-10-9-13(4)16(21(27)28-7-3)17(15)20(26)23(18)14(6-2)12-24/h9-10,13-18,24H,5-8,11-12H2,1-4H3,(H,22,25)/t13-,14+,15+,16-,17-,18+/m1/s1. The Morgan fingerprint density at radius 3 is 2.57 bits per heavy atom. The number of esters is 1. The van der Waals surface area contributed by atoms with E-state index < -0.39 is 35.8 Å². The van der Waals surface area contributed by atoms with E-state index in [0.29, 0.717) is 13.0 Å². The lowest BCUT2D eigenvalue weighted by atomic mass is 9.70. The molecule has 1 saturated heterocycles. The number of unbranched alkanes of at least 4 members (excludes halogenated alkanes) is 1. The van der Waals surface area contributed by atoms with Gasteiger partial charge in [0, 0.05) is 12.5 Å². The molecule has 2 N–H and O–H groups in total. The fourth-order valence-electron chi connectivity index (χ4n) is 4.44. The number of aliphatic hydroxyl groups is 1. The number of nitrogens with one attached hydrogen (secondary N) is 1. The molecular weight excluding hydrogens is 360 g/mol. The van der Waals surface area contributed by atoms with Crippen molar-refractivity contribution in [3.05, 3.63) is 12.2 Å². The van der Waals surface area contributed by atoms with E-state index in [2.05, 4.69) is 5.32 Å². The number of ether oxygens (including phenoxy) is 1. The van der Waals surface area contributed by atoms with Gasteiger partial charge in [0.15, 0.2) is 0 Å². The van der Waals surface area contributed by atoms with Gasteiger partial charge >= 0.3 is 5.97 Å². The van der Waals surface area contributed by atoms with E-state index in [0.717, 1.165) is 12.8 Å². The van der Waals surface area contributed by atoms with Gasteiger partial charge < -0.3 is 20.1 Å². The second-order valence-corrected chi connectivity index (χ2v) is 7.70. The molecule has 0 aromatic heterocycles. The van der Waals surface area contributed by atoms with Crippen molar-refractivity contribution < 1.29 is 24.2 Å². The van der Waals surface area contributed by atoms with Gasteiger partial charge in [0.2, 0.25) is 11.8 Å². The van der Waals surface area contributed by atoms with E-state index in [1.54, 1.807) is 6.92 Å². The predicted molar refractivity (Wildman–Crippen MR) is 105 cm³/mol. The van der Waals surface area contributed by atoms with Crippen LogP contribution in [0.5, 0.6) is 0 Å². The lowest BCUT2D eigenvalue weighted by molar-refractivity contribution is -0.155. The zero-order chi connectivity index (χ0) is 20.8. The molecule has 7 heteroatoms. The van der Waals surface area contributed by atoms with Gasteiger partial charge in [-0.1, -0.05) is 39.3 Å². The Balaban J connectivity index is 2.41. The highest BCUT2D eigenvalue weighted by Crippen LogP contribution is 2.45. The van der Waals surface area contributed by atoms with Crippen LogP contribution in [-0.2, 0) is 19.1 Å². The van der Waals surface area contributed by atoms with Crippen LogP contribution in [0.2, 0.25) is 0 Å². The molecule has 1 heterocycles. The topological polar surface area (TPSA) is 95.9 Å². The Hall–Kier alpha value is -1.89. The van der Waals surface area contributed by atoms with E-state index in [1.807, 2.05) is 32.9 Å². The van der Waals surface area contributed by atoms with Crippen LogP contribution in [0, 0.1) is 23.7 Å². The van der Waals surface area contributed by atoms with E-state index in [4.69, 9.17) is 4.74 Å². The Labute approximate surface area is 167 Å². The third-order valence-electron chi connectivity index (χ3n) is 5.94. The fraction of sp³-hybridized carbons (Fsp3) is 0.762. The van der Waals surface area contributed by atoms with Gasteiger partial charge in [-0.15, -0.1) is 0 Å². The lowest BCUT2D eigenvalue weighted by Gasteiger charge is -2.33. The molecule has 0 aromatic carbocycles. The van der Waals surface area contributed by atoms with Crippen molar-refractivity contribution in [2.45, 2.75) is 59.0 Å². The lowest BCUT2D eigenvalue weighted by Crippen LogP contribution is -2.52. The molecule has 0 saturated carbocycles. The Morgan fingerprint density at radius 2 is 2.00 bits per heavy atom. The molecule has 0 spiro atoms. The summed E-state index contributed by atoms with van der Waals surface area (Å²) >= 11 is 0. The summed E-state index contributed by atoms with van der Waals surface area (Å²) < 4.78 is 5.24. The number of hydrogen-bond donors (Lipinski definition) is 2. The minimum Gasteiger partial charge on any atom is -0.466 e. The van der Waals surface area contributed by atoms with Gasteiger partial charge in [-0.3, -0.25) is 14.4 Å². The second-order valence-electron chi connectivity index (χ2n) is 7.70. The molecule has 7 nitrogen and oxygen atoms in total. The fourth-order valence-corrected chi connectivity index (χ4v) is 4.44. The van der Waals surface area contributed by atoms with Crippen LogP contribution < -0.4 is 5.32 Å².